The Bertz CT molecular complexity index is 592. The fourth-order valence-corrected chi connectivity index (χ4v) is 1.95. The first-order valence-corrected chi connectivity index (χ1v) is 7.39. The van der Waals surface area contributed by atoms with E-state index in [0.717, 1.165) is 18.4 Å². The Morgan fingerprint density at radius 3 is 2.86 bits per heavy atom. The average molecular weight is 299 g/mol. The van der Waals surface area contributed by atoms with Gasteiger partial charge in [-0.1, -0.05) is 37.3 Å². The highest BCUT2D eigenvalue weighted by molar-refractivity contribution is 5.76. The Labute approximate surface area is 130 Å². The molecule has 0 saturated heterocycles. The van der Waals surface area contributed by atoms with Gasteiger partial charge in [-0.05, 0) is 24.0 Å². The van der Waals surface area contributed by atoms with E-state index in [-0.39, 0.29) is 6.03 Å². The first-order valence-electron chi connectivity index (χ1n) is 7.39. The Morgan fingerprint density at radius 1 is 1.36 bits per heavy atom. The number of nitrogens with one attached hydrogen (secondary N) is 1. The molecular formula is C17H21N3O2. The predicted octanol–water partition coefficient (Wildman–Crippen LogP) is 3.34. The molecule has 5 heteroatoms. The molecule has 0 bridgehead atoms. The lowest BCUT2D eigenvalue weighted by Gasteiger charge is -2.08. The molecule has 2 rings (SSSR count). The SMILES string of the molecule is CC/C(=C/OCc1ccccc1)CCNC(=O)n1ccnc1. The molecule has 1 aromatic carbocycles. The van der Waals surface area contributed by atoms with Crippen LogP contribution >= 0.6 is 0 Å². The molecular weight excluding hydrogens is 278 g/mol. The van der Waals surface area contributed by atoms with Crippen molar-refractivity contribution in [2.24, 2.45) is 0 Å². The molecule has 0 radical (unpaired) electrons. The van der Waals surface area contributed by atoms with Gasteiger partial charge >= 0.3 is 6.03 Å². The summed E-state index contributed by atoms with van der Waals surface area (Å²) in [6.07, 6.45) is 8.15. The number of amides is 1. The number of hydrogen-bond donors (Lipinski definition) is 1. The largest absolute Gasteiger partial charge is 0.497 e. The minimum Gasteiger partial charge on any atom is -0.497 e. The Balaban J connectivity index is 1.72. The van der Waals surface area contributed by atoms with E-state index in [1.165, 1.54) is 16.5 Å². The summed E-state index contributed by atoms with van der Waals surface area (Å²) in [4.78, 5) is 15.6. The summed E-state index contributed by atoms with van der Waals surface area (Å²) in [6.45, 7) is 3.21. The van der Waals surface area contributed by atoms with E-state index in [9.17, 15) is 4.79 Å². The molecule has 2 aromatic rings. The van der Waals surface area contributed by atoms with Gasteiger partial charge in [0.25, 0.3) is 0 Å². The van der Waals surface area contributed by atoms with E-state index in [0.29, 0.717) is 13.2 Å². The number of hydrogen-bond acceptors (Lipinski definition) is 3. The van der Waals surface area contributed by atoms with Crippen LogP contribution in [-0.4, -0.2) is 22.1 Å². The number of carbonyl (C=O) groups is 1. The third-order valence-electron chi connectivity index (χ3n) is 3.26. The third kappa shape index (κ3) is 5.09. The second kappa shape index (κ2) is 8.67. The number of rotatable bonds is 7. The van der Waals surface area contributed by atoms with Crippen LogP contribution in [0.3, 0.4) is 0 Å². The maximum Gasteiger partial charge on any atom is 0.326 e. The van der Waals surface area contributed by atoms with Gasteiger partial charge in [-0.15, -0.1) is 0 Å². The fraction of sp³-hybridized carbons (Fsp3) is 0.294. The molecule has 0 aliphatic carbocycles. The molecule has 1 amide bonds. The van der Waals surface area contributed by atoms with Crippen molar-refractivity contribution in [3.8, 4) is 0 Å². The quantitative estimate of drug-likeness (QED) is 0.798. The predicted molar refractivity (Wildman–Crippen MR) is 85.2 cm³/mol. The molecule has 0 saturated carbocycles. The topological polar surface area (TPSA) is 56.1 Å². The van der Waals surface area contributed by atoms with Gasteiger partial charge in [0.1, 0.15) is 12.9 Å². The van der Waals surface area contributed by atoms with Gasteiger partial charge < -0.3 is 10.1 Å². The van der Waals surface area contributed by atoms with Crippen LogP contribution in [0.25, 0.3) is 0 Å². The van der Waals surface area contributed by atoms with Gasteiger partial charge in [0, 0.05) is 18.9 Å². The maximum absolute atomic E-state index is 11.7. The van der Waals surface area contributed by atoms with Crippen molar-refractivity contribution in [3.63, 3.8) is 0 Å². The zero-order valence-corrected chi connectivity index (χ0v) is 12.7. The molecule has 0 aliphatic heterocycles. The molecule has 1 aromatic heterocycles. The van der Waals surface area contributed by atoms with Crippen LogP contribution in [-0.2, 0) is 11.3 Å². The first kappa shape index (κ1) is 15.8. The van der Waals surface area contributed by atoms with Crippen LogP contribution in [0.5, 0.6) is 0 Å². The van der Waals surface area contributed by atoms with Gasteiger partial charge in [-0.3, -0.25) is 4.57 Å². The van der Waals surface area contributed by atoms with Crippen molar-refractivity contribution in [1.29, 1.82) is 0 Å². The molecule has 0 atom stereocenters. The summed E-state index contributed by atoms with van der Waals surface area (Å²) in [7, 11) is 0. The molecule has 22 heavy (non-hydrogen) atoms. The van der Waals surface area contributed by atoms with Gasteiger partial charge in [0.05, 0.1) is 6.26 Å². The van der Waals surface area contributed by atoms with Crippen LogP contribution in [0.15, 0.2) is 60.9 Å². The summed E-state index contributed by atoms with van der Waals surface area (Å²) >= 11 is 0. The Hall–Kier alpha value is -2.56. The minimum absolute atomic E-state index is 0.168. The molecule has 0 unspecified atom stereocenters. The number of aromatic nitrogens is 2. The lowest BCUT2D eigenvalue weighted by molar-refractivity contribution is 0.231. The Morgan fingerprint density at radius 2 is 2.18 bits per heavy atom. The zero-order chi connectivity index (χ0) is 15.6. The monoisotopic (exact) mass is 299 g/mol. The second-order valence-electron chi connectivity index (χ2n) is 4.88. The van der Waals surface area contributed by atoms with E-state index < -0.39 is 0 Å². The highest BCUT2D eigenvalue weighted by Crippen LogP contribution is 2.08. The third-order valence-corrected chi connectivity index (χ3v) is 3.26. The van der Waals surface area contributed by atoms with Crippen molar-refractivity contribution in [3.05, 3.63) is 66.5 Å². The fourth-order valence-electron chi connectivity index (χ4n) is 1.95. The lowest BCUT2D eigenvalue weighted by Crippen LogP contribution is -2.28. The van der Waals surface area contributed by atoms with E-state index >= 15 is 0 Å². The van der Waals surface area contributed by atoms with E-state index in [2.05, 4.69) is 17.2 Å². The van der Waals surface area contributed by atoms with Gasteiger partial charge in [-0.2, -0.15) is 0 Å². The normalized spacial score (nSPS) is 11.2. The number of carbonyl (C=O) groups excluding carboxylic acids is 1. The number of ether oxygens (including phenoxy) is 1. The summed E-state index contributed by atoms with van der Waals surface area (Å²) < 4.78 is 7.03. The average Bonchev–Trinajstić information content (AvgIpc) is 3.09. The van der Waals surface area contributed by atoms with Crippen LogP contribution in [0.4, 0.5) is 4.79 Å². The van der Waals surface area contributed by atoms with Gasteiger partial charge in [-0.25, -0.2) is 9.78 Å². The maximum atomic E-state index is 11.7. The molecule has 0 fully saturated rings. The minimum atomic E-state index is -0.168. The Kier molecular flexibility index (Phi) is 6.23. The van der Waals surface area contributed by atoms with E-state index in [4.69, 9.17) is 4.74 Å². The molecule has 1 N–H and O–H groups in total. The van der Waals surface area contributed by atoms with Crippen molar-refractivity contribution >= 4 is 6.03 Å². The second-order valence-corrected chi connectivity index (χ2v) is 4.88. The zero-order valence-electron chi connectivity index (χ0n) is 12.7. The van der Waals surface area contributed by atoms with Crippen molar-refractivity contribution in [2.75, 3.05) is 6.54 Å². The van der Waals surface area contributed by atoms with E-state index in [1.807, 2.05) is 30.3 Å². The summed E-state index contributed by atoms with van der Waals surface area (Å²) in [6, 6.07) is 9.87. The summed E-state index contributed by atoms with van der Waals surface area (Å²) in [5.74, 6) is 0. The van der Waals surface area contributed by atoms with Crippen molar-refractivity contribution < 1.29 is 9.53 Å². The van der Waals surface area contributed by atoms with Crippen LogP contribution in [0.1, 0.15) is 25.3 Å². The van der Waals surface area contributed by atoms with Gasteiger partial charge in [0.15, 0.2) is 0 Å². The lowest BCUT2D eigenvalue weighted by atomic mass is 10.1. The number of benzene rings is 1. The smallest absolute Gasteiger partial charge is 0.326 e. The van der Waals surface area contributed by atoms with Crippen LogP contribution < -0.4 is 5.32 Å². The van der Waals surface area contributed by atoms with Crippen molar-refractivity contribution in [2.45, 2.75) is 26.4 Å². The van der Waals surface area contributed by atoms with E-state index in [1.54, 1.807) is 18.7 Å². The molecule has 0 aliphatic rings. The van der Waals surface area contributed by atoms with Crippen molar-refractivity contribution in [1.82, 2.24) is 14.9 Å². The summed E-state index contributed by atoms with van der Waals surface area (Å²) in [5, 5.41) is 2.85. The molecule has 0 spiro atoms. The standard InChI is InChI=1S/C17H21N3O2/c1-2-15(12-22-13-16-6-4-3-5-7-16)8-9-19-17(21)20-11-10-18-14-20/h3-7,10-12,14H,2,8-9,13H2,1H3,(H,19,21)/b15-12-. The summed E-state index contributed by atoms with van der Waals surface area (Å²) in [5.41, 5.74) is 2.31. The van der Waals surface area contributed by atoms with Gasteiger partial charge in [0.2, 0.25) is 0 Å². The molecule has 5 nitrogen and oxygen atoms in total. The molecule has 116 valence electrons. The number of nitrogens with zero attached hydrogens (tertiary/aromatic N) is 2. The van der Waals surface area contributed by atoms with Crippen LogP contribution in [0, 0.1) is 0 Å². The molecule has 1 heterocycles. The highest BCUT2D eigenvalue weighted by atomic mass is 16.5. The van der Waals surface area contributed by atoms with Crippen LogP contribution in [0.2, 0.25) is 0 Å². The number of imidazole rings is 1. The highest BCUT2D eigenvalue weighted by Gasteiger charge is 2.03. The first-order chi connectivity index (χ1) is 10.8.